The van der Waals surface area contributed by atoms with E-state index in [1.165, 1.54) is 32.4 Å². The summed E-state index contributed by atoms with van der Waals surface area (Å²) in [6, 6.07) is 5.68. The van der Waals surface area contributed by atoms with E-state index in [4.69, 9.17) is 17.3 Å². The standard InChI is InChI=1S/C13H19ClN2S/c14-11-3-4-12(15)13(8-11)17-7-5-10-2-1-6-16-9-10/h3-4,8,10,16H,1-2,5-7,9,15H2. The number of hydrogen-bond donors (Lipinski definition) is 2. The van der Waals surface area contributed by atoms with Crippen LogP contribution in [-0.2, 0) is 0 Å². The first kappa shape index (κ1) is 13.1. The van der Waals surface area contributed by atoms with Crippen LogP contribution >= 0.6 is 23.4 Å². The maximum atomic E-state index is 5.97. The SMILES string of the molecule is Nc1ccc(Cl)cc1SCCC1CCCNC1. The van der Waals surface area contributed by atoms with Crippen molar-refractivity contribution in [2.75, 3.05) is 24.6 Å². The molecule has 1 fully saturated rings. The Labute approximate surface area is 112 Å². The van der Waals surface area contributed by atoms with Gasteiger partial charge in [-0.3, -0.25) is 0 Å². The number of anilines is 1. The van der Waals surface area contributed by atoms with Crippen LogP contribution in [0.5, 0.6) is 0 Å². The fraction of sp³-hybridized carbons (Fsp3) is 0.538. The molecule has 0 spiro atoms. The molecule has 1 unspecified atom stereocenters. The Kier molecular flexibility index (Phi) is 5.01. The van der Waals surface area contributed by atoms with Crippen molar-refractivity contribution in [1.82, 2.24) is 5.32 Å². The Balaban J connectivity index is 1.79. The van der Waals surface area contributed by atoms with Gasteiger partial charge >= 0.3 is 0 Å². The van der Waals surface area contributed by atoms with E-state index in [-0.39, 0.29) is 0 Å². The van der Waals surface area contributed by atoms with E-state index < -0.39 is 0 Å². The van der Waals surface area contributed by atoms with Gasteiger partial charge in [-0.2, -0.15) is 0 Å². The first-order valence-electron chi connectivity index (χ1n) is 6.14. The van der Waals surface area contributed by atoms with Gasteiger partial charge in [0.1, 0.15) is 0 Å². The van der Waals surface area contributed by atoms with E-state index in [1.807, 2.05) is 30.0 Å². The molecule has 1 saturated heterocycles. The third-order valence-corrected chi connectivity index (χ3v) is 4.50. The number of thioether (sulfide) groups is 1. The molecule has 4 heteroatoms. The van der Waals surface area contributed by atoms with Crippen molar-refractivity contribution in [2.45, 2.75) is 24.2 Å². The number of piperidine rings is 1. The van der Waals surface area contributed by atoms with Crippen LogP contribution in [0.15, 0.2) is 23.1 Å². The summed E-state index contributed by atoms with van der Waals surface area (Å²) in [5, 5.41) is 4.21. The Hall–Kier alpha value is -0.380. The van der Waals surface area contributed by atoms with Crippen molar-refractivity contribution >= 4 is 29.1 Å². The van der Waals surface area contributed by atoms with Crippen LogP contribution in [0.25, 0.3) is 0 Å². The molecule has 0 aromatic heterocycles. The monoisotopic (exact) mass is 270 g/mol. The molecule has 1 heterocycles. The number of hydrogen-bond acceptors (Lipinski definition) is 3. The van der Waals surface area contributed by atoms with Crippen molar-refractivity contribution < 1.29 is 0 Å². The molecule has 2 rings (SSSR count). The second kappa shape index (κ2) is 6.53. The quantitative estimate of drug-likeness (QED) is 0.651. The Bertz CT molecular complexity index is 364. The molecular weight excluding hydrogens is 252 g/mol. The number of nitrogens with one attached hydrogen (secondary N) is 1. The van der Waals surface area contributed by atoms with Crippen LogP contribution in [0.2, 0.25) is 5.02 Å². The van der Waals surface area contributed by atoms with Gasteiger partial charge in [0.15, 0.2) is 0 Å². The fourth-order valence-corrected chi connectivity index (χ4v) is 3.49. The fourth-order valence-electron chi connectivity index (χ4n) is 2.14. The molecular formula is C13H19ClN2S. The highest BCUT2D eigenvalue weighted by Crippen LogP contribution is 2.29. The Morgan fingerprint density at radius 2 is 2.35 bits per heavy atom. The number of benzene rings is 1. The number of nitrogen functional groups attached to an aromatic ring is 1. The molecule has 1 aliphatic heterocycles. The third kappa shape index (κ3) is 4.09. The summed E-state index contributed by atoms with van der Waals surface area (Å²) in [5.41, 5.74) is 6.75. The molecule has 0 saturated carbocycles. The predicted molar refractivity (Wildman–Crippen MR) is 76.8 cm³/mol. The largest absolute Gasteiger partial charge is 0.398 e. The lowest BCUT2D eigenvalue weighted by Gasteiger charge is -2.22. The van der Waals surface area contributed by atoms with E-state index in [1.54, 1.807) is 0 Å². The maximum absolute atomic E-state index is 5.97. The highest BCUT2D eigenvalue weighted by atomic mass is 35.5. The lowest BCUT2D eigenvalue weighted by molar-refractivity contribution is 0.371. The Morgan fingerprint density at radius 1 is 1.47 bits per heavy atom. The molecule has 1 atom stereocenters. The van der Waals surface area contributed by atoms with E-state index in [0.29, 0.717) is 0 Å². The molecule has 3 N–H and O–H groups in total. The number of rotatable bonds is 4. The minimum Gasteiger partial charge on any atom is -0.398 e. The maximum Gasteiger partial charge on any atom is 0.0453 e. The van der Waals surface area contributed by atoms with Gasteiger partial charge in [-0.15, -0.1) is 11.8 Å². The van der Waals surface area contributed by atoms with Crippen LogP contribution in [-0.4, -0.2) is 18.8 Å². The van der Waals surface area contributed by atoms with Crippen molar-refractivity contribution in [3.8, 4) is 0 Å². The van der Waals surface area contributed by atoms with Crippen molar-refractivity contribution in [2.24, 2.45) is 5.92 Å². The summed E-state index contributed by atoms with van der Waals surface area (Å²) in [7, 11) is 0. The molecule has 0 aliphatic carbocycles. The lowest BCUT2D eigenvalue weighted by Crippen LogP contribution is -2.29. The van der Waals surface area contributed by atoms with Gasteiger partial charge < -0.3 is 11.1 Å². The van der Waals surface area contributed by atoms with E-state index in [2.05, 4.69) is 5.32 Å². The summed E-state index contributed by atoms with van der Waals surface area (Å²) in [5.74, 6) is 1.95. The van der Waals surface area contributed by atoms with Gasteiger partial charge in [0, 0.05) is 15.6 Å². The summed E-state index contributed by atoms with van der Waals surface area (Å²) in [6.07, 6.45) is 3.93. The number of nitrogens with two attached hydrogens (primary N) is 1. The molecule has 0 radical (unpaired) electrons. The lowest BCUT2D eigenvalue weighted by atomic mass is 9.97. The van der Waals surface area contributed by atoms with E-state index >= 15 is 0 Å². The van der Waals surface area contributed by atoms with Gasteiger partial charge in [-0.1, -0.05) is 11.6 Å². The number of halogens is 1. The molecule has 1 aromatic rings. The van der Waals surface area contributed by atoms with Crippen LogP contribution in [0.3, 0.4) is 0 Å². The average molecular weight is 271 g/mol. The first-order chi connectivity index (χ1) is 8.25. The topological polar surface area (TPSA) is 38.0 Å². The van der Waals surface area contributed by atoms with Crippen molar-refractivity contribution in [3.05, 3.63) is 23.2 Å². The highest BCUT2D eigenvalue weighted by Gasteiger charge is 2.12. The van der Waals surface area contributed by atoms with E-state index in [0.717, 1.165) is 27.3 Å². The minimum absolute atomic E-state index is 0.765. The van der Waals surface area contributed by atoms with Gasteiger partial charge in [-0.25, -0.2) is 0 Å². The summed E-state index contributed by atoms with van der Waals surface area (Å²) < 4.78 is 0. The zero-order valence-electron chi connectivity index (χ0n) is 9.92. The van der Waals surface area contributed by atoms with Crippen molar-refractivity contribution in [3.63, 3.8) is 0 Å². The third-order valence-electron chi connectivity index (χ3n) is 3.16. The van der Waals surface area contributed by atoms with Crippen LogP contribution in [0.1, 0.15) is 19.3 Å². The minimum atomic E-state index is 0.765. The van der Waals surface area contributed by atoms with Gasteiger partial charge in [0.25, 0.3) is 0 Å². The Morgan fingerprint density at radius 3 is 3.12 bits per heavy atom. The zero-order valence-corrected chi connectivity index (χ0v) is 11.5. The first-order valence-corrected chi connectivity index (χ1v) is 7.50. The molecule has 2 nitrogen and oxygen atoms in total. The smallest absolute Gasteiger partial charge is 0.0453 e. The molecule has 0 amide bonds. The van der Waals surface area contributed by atoms with Crippen LogP contribution in [0.4, 0.5) is 5.69 Å². The van der Waals surface area contributed by atoms with E-state index in [9.17, 15) is 0 Å². The molecule has 1 aromatic carbocycles. The van der Waals surface area contributed by atoms with Crippen molar-refractivity contribution in [1.29, 1.82) is 0 Å². The zero-order chi connectivity index (χ0) is 12.1. The van der Waals surface area contributed by atoms with Gasteiger partial charge in [0.2, 0.25) is 0 Å². The molecule has 0 bridgehead atoms. The average Bonchev–Trinajstić information content (AvgIpc) is 2.35. The predicted octanol–water partition coefficient (Wildman–Crippen LogP) is 3.40. The second-order valence-corrected chi connectivity index (χ2v) is 6.10. The van der Waals surface area contributed by atoms with Crippen LogP contribution < -0.4 is 11.1 Å². The van der Waals surface area contributed by atoms with Gasteiger partial charge in [0.05, 0.1) is 0 Å². The summed E-state index contributed by atoms with van der Waals surface area (Å²) in [4.78, 5) is 1.11. The normalized spacial score (nSPS) is 20.4. The molecule has 17 heavy (non-hydrogen) atoms. The molecule has 94 valence electrons. The van der Waals surface area contributed by atoms with Gasteiger partial charge in [-0.05, 0) is 62.2 Å². The summed E-state index contributed by atoms with van der Waals surface area (Å²) >= 11 is 7.78. The molecule has 1 aliphatic rings. The highest BCUT2D eigenvalue weighted by molar-refractivity contribution is 7.99. The second-order valence-electron chi connectivity index (χ2n) is 4.53. The van der Waals surface area contributed by atoms with Crippen LogP contribution in [0, 0.1) is 5.92 Å². The summed E-state index contributed by atoms with van der Waals surface area (Å²) in [6.45, 7) is 2.36.